The predicted octanol–water partition coefficient (Wildman–Crippen LogP) is 12.0. The van der Waals surface area contributed by atoms with Crippen molar-refractivity contribution in [3.8, 4) is 0 Å². The summed E-state index contributed by atoms with van der Waals surface area (Å²) in [4.78, 5) is 34.3. The van der Waals surface area contributed by atoms with Crippen molar-refractivity contribution < 1.29 is 37.6 Å². The van der Waals surface area contributed by atoms with Crippen molar-refractivity contribution in [2.75, 3.05) is 20.3 Å². The number of esters is 2. The molecule has 0 heterocycles. The highest BCUT2D eigenvalue weighted by atomic mass is 31.2. The number of unbranched alkanes of at least 4 members (excludes halogenated alkanes) is 2. The Hall–Kier alpha value is -3.55. The van der Waals surface area contributed by atoms with Crippen molar-refractivity contribution in [2.45, 2.75) is 123 Å². The van der Waals surface area contributed by atoms with Crippen LogP contribution in [0.4, 0.5) is 0 Å². The Morgan fingerprint density at radius 2 is 0.868 bits per heavy atom. The maximum absolute atomic E-state index is 12.4. The van der Waals surface area contributed by atoms with Crippen molar-refractivity contribution in [2.24, 2.45) is 0 Å². The molecule has 0 aromatic rings. The number of allylic oxidation sites excluding steroid dienone is 20. The maximum atomic E-state index is 12.4. The van der Waals surface area contributed by atoms with E-state index < -0.39 is 32.5 Å². The summed E-state index contributed by atoms with van der Waals surface area (Å²) in [5.74, 6) is -0.957. The van der Waals surface area contributed by atoms with Crippen molar-refractivity contribution in [3.05, 3.63) is 122 Å². The number of ether oxygens (including phenoxy) is 2. The van der Waals surface area contributed by atoms with Crippen LogP contribution in [0.2, 0.25) is 0 Å². The smallest absolute Gasteiger partial charge is 0.462 e. The molecular weight excluding hydrogens is 687 g/mol. The summed E-state index contributed by atoms with van der Waals surface area (Å²) in [5.41, 5.74) is 0. The monoisotopic (exact) mass is 754 g/mol. The number of hydrogen-bond donors (Lipinski definition) is 1. The maximum Gasteiger partial charge on any atom is 0.472 e. The molecule has 9 heteroatoms. The molecule has 0 rings (SSSR count). The number of carbonyl (C=O) groups is 2. The lowest BCUT2D eigenvalue weighted by Crippen LogP contribution is -2.29. The Balaban J connectivity index is 4.29. The Morgan fingerprint density at radius 1 is 0.528 bits per heavy atom. The van der Waals surface area contributed by atoms with Gasteiger partial charge in [-0.3, -0.25) is 18.6 Å². The molecule has 0 saturated carbocycles. The van der Waals surface area contributed by atoms with Crippen molar-refractivity contribution in [1.82, 2.24) is 0 Å². The van der Waals surface area contributed by atoms with Crippen LogP contribution in [0.3, 0.4) is 0 Å². The molecule has 0 bridgehead atoms. The van der Waals surface area contributed by atoms with Gasteiger partial charge in [0.2, 0.25) is 0 Å². The predicted molar refractivity (Wildman–Crippen MR) is 220 cm³/mol. The van der Waals surface area contributed by atoms with Crippen LogP contribution in [-0.2, 0) is 32.7 Å². The number of phosphoric acid groups is 1. The largest absolute Gasteiger partial charge is 0.472 e. The zero-order valence-electron chi connectivity index (χ0n) is 32.6. The second-order valence-corrected chi connectivity index (χ2v) is 13.5. The fourth-order valence-electron chi connectivity index (χ4n) is 4.31. The van der Waals surface area contributed by atoms with Crippen molar-refractivity contribution >= 4 is 19.8 Å². The first-order valence-corrected chi connectivity index (χ1v) is 20.7. The summed E-state index contributed by atoms with van der Waals surface area (Å²) in [6, 6.07) is 0. The van der Waals surface area contributed by atoms with Crippen LogP contribution >= 0.6 is 7.82 Å². The van der Waals surface area contributed by atoms with E-state index in [9.17, 15) is 19.0 Å². The van der Waals surface area contributed by atoms with E-state index in [1.165, 1.54) is 0 Å². The molecule has 0 aromatic carbocycles. The van der Waals surface area contributed by atoms with Gasteiger partial charge in [-0.15, -0.1) is 0 Å². The fraction of sp³-hybridized carbons (Fsp3) is 0.500. The van der Waals surface area contributed by atoms with Crippen LogP contribution in [0, 0.1) is 0 Å². The third kappa shape index (κ3) is 38.0. The molecule has 296 valence electrons. The van der Waals surface area contributed by atoms with Crippen LogP contribution in [0.25, 0.3) is 0 Å². The minimum atomic E-state index is -4.30. The van der Waals surface area contributed by atoms with E-state index in [1.54, 1.807) is 0 Å². The van der Waals surface area contributed by atoms with Crippen molar-refractivity contribution in [1.29, 1.82) is 0 Å². The molecule has 0 radical (unpaired) electrons. The van der Waals surface area contributed by atoms with Gasteiger partial charge in [0.05, 0.1) is 6.61 Å². The summed E-state index contributed by atoms with van der Waals surface area (Å²) in [6.07, 6.45) is 54.1. The number of phosphoric ester groups is 1. The van der Waals surface area contributed by atoms with Gasteiger partial charge in [0.25, 0.3) is 0 Å². The third-order valence-electron chi connectivity index (χ3n) is 7.20. The molecule has 0 spiro atoms. The van der Waals surface area contributed by atoms with E-state index in [0.29, 0.717) is 19.3 Å². The molecule has 0 saturated heterocycles. The zero-order valence-corrected chi connectivity index (χ0v) is 33.5. The lowest BCUT2D eigenvalue weighted by atomic mass is 10.2. The summed E-state index contributed by atoms with van der Waals surface area (Å²) in [6.45, 7) is 3.53. The quantitative estimate of drug-likeness (QED) is 0.0305. The van der Waals surface area contributed by atoms with E-state index in [2.05, 4.69) is 128 Å². The molecular formula is C44H67O8P. The summed E-state index contributed by atoms with van der Waals surface area (Å²) >= 11 is 0. The van der Waals surface area contributed by atoms with E-state index in [-0.39, 0.29) is 19.4 Å². The molecule has 53 heavy (non-hydrogen) atoms. The highest BCUT2D eigenvalue weighted by Crippen LogP contribution is 2.42. The summed E-state index contributed by atoms with van der Waals surface area (Å²) in [7, 11) is -3.26. The van der Waals surface area contributed by atoms with Crippen molar-refractivity contribution in [3.63, 3.8) is 0 Å². The SMILES string of the molecule is CC/C=C\C/C=C\C/C=C\C/C=C\C/C=C\CCCC(=O)OCC(COP(=O)(O)OC)OC(=O)CCC/C=C\C/C=C\C/C=C\C/C=C\C/C=C\CC. The van der Waals surface area contributed by atoms with Gasteiger partial charge < -0.3 is 14.4 Å². The average Bonchev–Trinajstić information content (AvgIpc) is 3.15. The molecule has 1 N–H and O–H groups in total. The molecule has 2 unspecified atom stereocenters. The first-order chi connectivity index (χ1) is 25.8. The highest BCUT2D eigenvalue weighted by Gasteiger charge is 2.24. The van der Waals surface area contributed by atoms with Crippen LogP contribution in [-0.4, -0.2) is 43.3 Å². The summed E-state index contributed by atoms with van der Waals surface area (Å²) in [5, 5.41) is 0. The van der Waals surface area contributed by atoms with Gasteiger partial charge in [-0.25, -0.2) is 4.57 Å². The molecule has 0 aliphatic rings. The standard InChI is InChI=1S/C44H67O8P/c1-4-6-8-10-12-14-16-18-20-22-24-26-28-30-32-34-36-38-43(45)50-40-42(41-51-53(47,48)49-3)52-44(46)39-37-35-33-31-29-27-25-23-21-19-17-15-13-11-9-7-5-2/h6-9,12-15,18-21,24-27,30-33,42H,4-5,10-11,16-17,22-23,28-29,34-41H2,1-3H3,(H,47,48)/b8-6-,9-7-,14-12-,15-13-,20-18-,21-19-,26-24-,27-25-,32-30-,33-31-. The van der Waals surface area contributed by atoms with E-state index in [1.807, 2.05) is 12.2 Å². The lowest BCUT2D eigenvalue weighted by Gasteiger charge is -2.19. The first kappa shape index (κ1) is 49.5. The minimum absolute atomic E-state index is 0.146. The van der Waals surface area contributed by atoms with Gasteiger partial charge in [0.1, 0.15) is 6.61 Å². The fourth-order valence-corrected chi connectivity index (χ4v) is 4.77. The topological polar surface area (TPSA) is 108 Å². The molecule has 0 aliphatic carbocycles. The molecule has 2 atom stereocenters. The lowest BCUT2D eigenvalue weighted by molar-refractivity contribution is -0.161. The van der Waals surface area contributed by atoms with Crippen LogP contribution < -0.4 is 0 Å². The second-order valence-electron chi connectivity index (χ2n) is 11.9. The van der Waals surface area contributed by atoms with E-state index >= 15 is 0 Å². The van der Waals surface area contributed by atoms with Gasteiger partial charge in [-0.05, 0) is 89.9 Å². The zero-order chi connectivity index (χ0) is 38.9. The minimum Gasteiger partial charge on any atom is -0.462 e. The van der Waals surface area contributed by atoms with Gasteiger partial charge >= 0.3 is 19.8 Å². The van der Waals surface area contributed by atoms with Gasteiger partial charge in [0.15, 0.2) is 6.10 Å². The van der Waals surface area contributed by atoms with Crippen LogP contribution in [0.5, 0.6) is 0 Å². The van der Waals surface area contributed by atoms with Gasteiger partial charge in [-0.1, -0.05) is 135 Å². The number of carbonyl (C=O) groups excluding carboxylic acids is 2. The molecule has 8 nitrogen and oxygen atoms in total. The number of hydrogen-bond acceptors (Lipinski definition) is 7. The van der Waals surface area contributed by atoms with Crippen LogP contribution in [0.15, 0.2) is 122 Å². The van der Waals surface area contributed by atoms with Gasteiger partial charge in [0, 0.05) is 20.0 Å². The Bertz CT molecular complexity index is 1270. The summed E-state index contributed by atoms with van der Waals surface area (Å²) < 4.78 is 31.8. The van der Waals surface area contributed by atoms with E-state index in [0.717, 1.165) is 77.7 Å². The molecule has 0 fully saturated rings. The normalized spacial score (nSPS) is 14.7. The second kappa shape index (κ2) is 38.2. The first-order valence-electron chi connectivity index (χ1n) is 19.2. The van der Waals surface area contributed by atoms with Gasteiger partial charge in [-0.2, -0.15) is 0 Å². The average molecular weight is 755 g/mol. The van der Waals surface area contributed by atoms with E-state index in [4.69, 9.17) is 14.0 Å². The molecule has 0 amide bonds. The Labute approximate surface area is 321 Å². The Morgan fingerprint density at radius 3 is 1.23 bits per heavy atom. The Kier molecular flexibility index (Phi) is 35.6. The molecule has 0 aliphatic heterocycles. The molecule has 0 aromatic heterocycles. The van der Waals surface area contributed by atoms with Crippen LogP contribution in [0.1, 0.15) is 117 Å². The third-order valence-corrected chi connectivity index (χ3v) is 8.14. The number of rotatable bonds is 33. The highest BCUT2D eigenvalue weighted by molar-refractivity contribution is 7.47.